The zero-order valence-corrected chi connectivity index (χ0v) is 11.9. The van der Waals surface area contributed by atoms with Gasteiger partial charge in [-0.05, 0) is 43.4 Å². The van der Waals surface area contributed by atoms with Crippen molar-refractivity contribution in [2.75, 3.05) is 6.54 Å². The normalized spacial score (nSPS) is 23.5. The highest BCUT2D eigenvalue weighted by atomic mass is 16.3. The Morgan fingerprint density at radius 1 is 1.12 bits per heavy atom. The predicted molar refractivity (Wildman–Crippen MR) is 71.9 cm³/mol. The van der Waals surface area contributed by atoms with Gasteiger partial charge in [-0.15, -0.1) is 0 Å². The maximum Gasteiger partial charge on any atom is 0.0626 e. The van der Waals surface area contributed by atoms with Crippen LogP contribution in [0.3, 0.4) is 0 Å². The minimum atomic E-state index is -0.214. The van der Waals surface area contributed by atoms with E-state index >= 15 is 0 Å². The first-order chi connectivity index (χ1) is 7.92. The Kier molecular flexibility index (Phi) is 3.84. The van der Waals surface area contributed by atoms with E-state index in [2.05, 4.69) is 33.0 Å². The molecule has 0 bridgehead atoms. The monoisotopic (exact) mass is 239 g/mol. The van der Waals surface area contributed by atoms with Crippen molar-refractivity contribution in [2.45, 2.75) is 65.5 Å². The number of hydrogen-bond acceptors (Lipinski definition) is 2. The number of hydrogen-bond donors (Lipinski definition) is 2. The molecule has 0 aromatic carbocycles. The Hall–Kier alpha value is -0.0800. The zero-order chi connectivity index (χ0) is 12.6. The molecule has 2 aliphatic carbocycles. The van der Waals surface area contributed by atoms with Gasteiger partial charge in [0.05, 0.1) is 6.10 Å². The zero-order valence-electron chi connectivity index (χ0n) is 11.9. The van der Waals surface area contributed by atoms with Gasteiger partial charge < -0.3 is 10.4 Å². The van der Waals surface area contributed by atoms with E-state index in [1.165, 1.54) is 25.7 Å². The van der Waals surface area contributed by atoms with Crippen molar-refractivity contribution in [3.8, 4) is 0 Å². The third kappa shape index (κ3) is 3.45. The fraction of sp³-hybridized carbons (Fsp3) is 1.00. The van der Waals surface area contributed by atoms with Crippen molar-refractivity contribution in [1.29, 1.82) is 0 Å². The molecule has 0 radical (unpaired) electrons. The Bertz CT molecular complexity index is 242. The van der Waals surface area contributed by atoms with Crippen LogP contribution in [0.25, 0.3) is 0 Å². The molecule has 2 heteroatoms. The summed E-state index contributed by atoms with van der Waals surface area (Å²) in [5, 5.41) is 14.0. The smallest absolute Gasteiger partial charge is 0.0626 e. The topological polar surface area (TPSA) is 32.3 Å². The summed E-state index contributed by atoms with van der Waals surface area (Å²) in [5.74, 6) is 2.22. The first-order valence-electron chi connectivity index (χ1n) is 7.33. The standard InChI is InChI=1S/C15H29NO/c1-10(2)14(17)15(3,4)9-16-13(11-5-6-11)12-7-8-12/h10-14,16-17H,5-9H2,1-4H3. The number of nitrogens with one attached hydrogen (secondary N) is 1. The molecule has 0 amide bonds. The van der Waals surface area contributed by atoms with Crippen molar-refractivity contribution in [3.05, 3.63) is 0 Å². The molecule has 0 spiro atoms. The lowest BCUT2D eigenvalue weighted by atomic mass is 9.80. The molecule has 2 aliphatic rings. The molecule has 0 aliphatic heterocycles. The SMILES string of the molecule is CC(C)C(O)C(C)(C)CNC(C1CC1)C1CC1. The van der Waals surface area contributed by atoms with E-state index in [0.717, 1.165) is 24.4 Å². The van der Waals surface area contributed by atoms with Crippen LogP contribution in [-0.4, -0.2) is 23.8 Å². The van der Waals surface area contributed by atoms with Gasteiger partial charge in [-0.2, -0.15) is 0 Å². The Morgan fingerprint density at radius 3 is 1.94 bits per heavy atom. The second kappa shape index (κ2) is 4.89. The van der Waals surface area contributed by atoms with E-state index in [0.29, 0.717) is 5.92 Å². The third-order valence-electron chi connectivity index (χ3n) is 4.49. The Balaban J connectivity index is 1.82. The summed E-state index contributed by atoms with van der Waals surface area (Å²) in [5.41, 5.74) is -0.0177. The summed E-state index contributed by atoms with van der Waals surface area (Å²) < 4.78 is 0. The van der Waals surface area contributed by atoms with Gasteiger partial charge in [0, 0.05) is 18.0 Å². The van der Waals surface area contributed by atoms with Gasteiger partial charge in [0.1, 0.15) is 0 Å². The van der Waals surface area contributed by atoms with Crippen LogP contribution in [0.15, 0.2) is 0 Å². The minimum absolute atomic E-state index is 0.0177. The van der Waals surface area contributed by atoms with Crippen LogP contribution in [0.4, 0.5) is 0 Å². The summed E-state index contributed by atoms with van der Waals surface area (Å²) in [6, 6.07) is 0.744. The second-order valence-electron chi connectivity index (χ2n) is 7.26. The van der Waals surface area contributed by atoms with E-state index in [-0.39, 0.29) is 11.5 Å². The van der Waals surface area contributed by atoms with Gasteiger partial charge in [0.25, 0.3) is 0 Å². The van der Waals surface area contributed by atoms with Crippen LogP contribution in [-0.2, 0) is 0 Å². The third-order valence-corrected chi connectivity index (χ3v) is 4.49. The first kappa shape index (κ1) is 13.4. The van der Waals surface area contributed by atoms with E-state index in [1.807, 2.05) is 0 Å². The second-order valence-corrected chi connectivity index (χ2v) is 7.26. The first-order valence-corrected chi connectivity index (χ1v) is 7.33. The molecule has 2 nitrogen and oxygen atoms in total. The van der Waals surface area contributed by atoms with Gasteiger partial charge in [0.15, 0.2) is 0 Å². The molecule has 1 atom stereocenters. The summed E-state index contributed by atoms with van der Waals surface area (Å²) >= 11 is 0. The number of aliphatic hydroxyl groups excluding tert-OH is 1. The molecule has 2 saturated carbocycles. The predicted octanol–water partition coefficient (Wildman–Crippen LogP) is 2.81. The van der Waals surface area contributed by atoms with Gasteiger partial charge >= 0.3 is 0 Å². The number of aliphatic hydroxyl groups is 1. The van der Waals surface area contributed by atoms with Gasteiger partial charge in [-0.3, -0.25) is 0 Å². The molecule has 2 rings (SSSR count). The van der Waals surface area contributed by atoms with Gasteiger partial charge in [-0.25, -0.2) is 0 Å². The molecule has 0 saturated heterocycles. The molecule has 0 heterocycles. The van der Waals surface area contributed by atoms with Crippen molar-refractivity contribution in [1.82, 2.24) is 5.32 Å². The van der Waals surface area contributed by atoms with E-state index < -0.39 is 0 Å². The summed E-state index contributed by atoms with van der Waals surface area (Å²) in [6.45, 7) is 9.52. The van der Waals surface area contributed by atoms with Gasteiger partial charge in [-0.1, -0.05) is 27.7 Å². The molecule has 17 heavy (non-hydrogen) atoms. The van der Waals surface area contributed by atoms with Crippen molar-refractivity contribution in [3.63, 3.8) is 0 Å². The lowest BCUT2D eigenvalue weighted by molar-refractivity contribution is 0.0113. The molecule has 0 aromatic heterocycles. The molecular weight excluding hydrogens is 210 g/mol. The molecule has 2 fully saturated rings. The van der Waals surface area contributed by atoms with Crippen LogP contribution in [0.2, 0.25) is 0 Å². The fourth-order valence-corrected chi connectivity index (χ4v) is 3.02. The largest absolute Gasteiger partial charge is 0.392 e. The summed E-state index contributed by atoms with van der Waals surface area (Å²) in [4.78, 5) is 0. The maximum atomic E-state index is 10.2. The lowest BCUT2D eigenvalue weighted by Crippen LogP contribution is -2.46. The minimum Gasteiger partial charge on any atom is -0.392 e. The highest BCUT2D eigenvalue weighted by Gasteiger charge is 2.42. The van der Waals surface area contributed by atoms with E-state index in [1.54, 1.807) is 0 Å². The fourth-order valence-electron chi connectivity index (χ4n) is 3.02. The van der Waals surface area contributed by atoms with Crippen molar-refractivity contribution in [2.24, 2.45) is 23.2 Å². The van der Waals surface area contributed by atoms with Crippen LogP contribution < -0.4 is 5.32 Å². The van der Waals surface area contributed by atoms with Crippen molar-refractivity contribution >= 4 is 0 Å². The average Bonchev–Trinajstić information content (AvgIpc) is 3.09. The molecule has 100 valence electrons. The van der Waals surface area contributed by atoms with E-state index in [4.69, 9.17) is 0 Å². The highest BCUT2D eigenvalue weighted by molar-refractivity contribution is 4.97. The lowest BCUT2D eigenvalue weighted by Gasteiger charge is -2.35. The van der Waals surface area contributed by atoms with Crippen molar-refractivity contribution < 1.29 is 5.11 Å². The molecule has 2 N–H and O–H groups in total. The maximum absolute atomic E-state index is 10.2. The number of rotatable bonds is 7. The average molecular weight is 239 g/mol. The van der Waals surface area contributed by atoms with Crippen LogP contribution in [0.5, 0.6) is 0 Å². The van der Waals surface area contributed by atoms with Crippen LogP contribution in [0.1, 0.15) is 53.4 Å². The van der Waals surface area contributed by atoms with E-state index in [9.17, 15) is 5.11 Å². The Morgan fingerprint density at radius 2 is 1.59 bits per heavy atom. The molecular formula is C15H29NO. The quantitative estimate of drug-likeness (QED) is 0.716. The molecule has 1 unspecified atom stereocenters. The summed E-state index contributed by atoms with van der Waals surface area (Å²) in [6.07, 6.45) is 5.46. The van der Waals surface area contributed by atoms with Crippen LogP contribution in [0, 0.1) is 23.2 Å². The summed E-state index contributed by atoms with van der Waals surface area (Å²) in [7, 11) is 0. The van der Waals surface area contributed by atoms with Gasteiger partial charge in [0.2, 0.25) is 0 Å². The highest BCUT2D eigenvalue weighted by Crippen LogP contribution is 2.44. The van der Waals surface area contributed by atoms with Crippen LogP contribution >= 0.6 is 0 Å². The Labute approximate surface area is 106 Å². The molecule has 0 aromatic rings.